The molecule has 0 aromatic heterocycles. The van der Waals surface area contributed by atoms with E-state index in [9.17, 15) is 19.2 Å². The van der Waals surface area contributed by atoms with E-state index in [4.69, 9.17) is 14.2 Å². The van der Waals surface area contributed by atoms with Crippen molar-refractivity contribution < 1.29 is 33.4 Å². The minimum Gasteiger partial charge on any atom is -0.493 e. The number of ether oxygens (including phenoxy) is 3. The fourth-order valence-electron chi connectivity index (χ4n) is 4.14. The number of nitrogens with zero attached hydrogens (tertiary/aromatic N) is 1. The summed E-state index contributed by atoms with van der Waals surface area (Å²) in [6.07, 6.45) is 2.15. The predicted octanol–water partition coefficient (Wildman–Crippen LogP) is 6.31. The maximum absolute atomic E-state index is 13.4. The molecule has 4 rings (SSSR count). The minimum absolute atomic E-state index is 0.201. The van der Waals surface area contributed by atoms with Gasteiger partial charge in [0.15, 0.2) is 18.1 Å². The number of amides is 5. The quantitative estimate of drug-likeness (QED) is 0.186. The van der Waals surface area contributed by atoms with Crippen LogP contribution in [0.1, 0.15) is 30.0 Å². The molecule has 0 spiro atoms. The van der Waals surface area contributed by atoms with Crippen LogP contribution in [0.3, 0.4) is 0 Å². The molecule has 0 bridgehead atoms. The zero-order valence-electron chi connectivity index (χ0n) is 23.9. The Bertz CT molecular complexity index is 1610. The Labute approximate surface area is 265 Å². The molecule has 10 nitrogen and oxygen atoms in total. The summed E-state index contributed by atoms with van der Waals surface area (Å²) in [5, 5.41) is 5.01. The van der Waals surface area contributed by atoms with Crippen LogP contribution >= 0.6 is 31.9 Å². The average Bonchev–Trinajstić information content (AvgIpc) is 2.95. The zero-order chi connectivity index (χ0) is 31.3. The lowest BCUT2D eigenvalue weighted by Gasteiger charge is -2.27. The molecule has 5 amide bonds. The largest absolute Gasteiger partial charge is 0.493 e. The molecular formula is C31H29Br2N3O7. The second-order valence-electron chi connectivity index (χ2n) is 9.59. The van der Waals surface area contributed by atoms with Gasteiger partial charge in [-0.1, -0.05) is 13.0 Å². The third-order valence-corrected chi connectivity index (χ3v) is 7.62. The number of carbonyl (C=O) groups excluding carboxylic acids is 4. The summed E-state index contributed by atoms with van der Waals surface area (Å²) >= 11 is 6.87. The van der Waals surface area contributed by atoms with E-state index >= 15 is 0 Å². The first-order valence-electron chi connectivity index (χ1n) is 13.2. The van der Waals surface area contributed by atoms with Crippen LogP contribution in [0, 0.1) is 13.8 Å². The topological polar surface area (TPSA) is 123 Å². The van der Waals surface area contributed by atoms with Crippen LogP contribution in [0.15, 0.2) is 63.0 Å². The molecule has 1 aliphatic heterocycles. The standard InChI is InChI=1S/C31H29Br2N3O7/c1-5-10-42-25-9-8-21(15-26(25)41-4)36-30(39)22(29(38)35-31(36)40)12-19-13-23(32)28(24(33)14-19)43-16-27(37)34-20-7-6-17(2)18(3)11-20/h6-9,11-15H,5,10,16H2,1-4H3,(H,34,37)(H,35,38,40)/b22-12-. The van der Waals surface area contributed by atoms with E-state index in [1.807, 2.05) is 39.0 Å². The van der Waals surface area contributed by atoms with Crippen LogP contribution in [-0.4, -0.2) is 44.1 Å². The minimum atomic E-state index is -0.887. The maximum atomic E-state index is 13.4. The van der Waals surface area contributed by atoms with Crippen LogP contribution in [-0.2, 0) is 14.4 Å². The summed E-state index contributed by atoms with van der Waals surface area (Å²) < 4.78 is 17.7. The number of urea groups is 1. The van der Waals surface area contributed by atoms with Gasteiger partial charge >= 0.3 is 6.03 Å². The fraction of sp³-hybridized carbons (Fsp3) is 0.226. The molecule has 0 saturated carbocycles. The molecule has 0 atom stereocenters. The number of aryl methyl sites for hydroxylation is 2. The van der Waals surface area contributed by atoms with Crippen molar-refractivity contribution in [3.63, 3.8) is 0 Å². The number of barbiturate groups is 1. The van der Waals surface area contributed by atoms with Gasteiger partial charge in [0.25, 0.3) is 17.7 Å². The van der Waals surface area contributed by atoms with Crippen LogP contribution in [0.4, 0.5) is 16.2 Å². The third-order valence-electron chi connectivity index (χ3n) is 6.44. The number of imide groups is 2. The van der Waals surface area contributed by atoms with Gasteiger partial charge in [-0.05, 0) is 111 Å². The zero-order valence-corrected chi connectivity index (χ0v) is 27.1. The van der Waals surface area contributed by atoms with Gasteiger partial charge in [-0.15, -0.1) is 0 Å². The Kier molecular flexibility index (Phi) is 10.3. The molecular weight excluding hydrogens is 686 g/mol. The highest BCUT2D eigenvalue weighted by molar-refractivity contribution is 9.11. The highest BCUT2D eigenvalue weighted by Crippen LogP contribution is 2.37. The molecule has 3 aromatic carbocycles. The van der Waals surface area contributed by atoms with Gasteiger partial charge in [0.1, 0.15) is 11.3 Å². The second kappa shape index (κ2) is 13.9. The predicted molar refractivity (Wildman–Crippen MR) is 170 cm³/mol. The summed E-state index contributed by atoms with van der Waals surface area (Å²) in [6.45, 7) is 6.13. The van der Waals surface area contributed by atoms with Crippen molar-refractivity contribution in [3.05, 3.63) is 79.7 Å². The average molecular weight is 715 g/mol. The molecule has 1 fully saturated rings. The molecule has 12 heteroatoms. The molecule has 43 heavy (non-hydrogen) atoms. The number of nitrogens with one attached hydrogen (secondary N) is 2. The Morgan fingerprint density at radius 2 is 1.67 bits per heavy atom. The Balaban J connectivity index is 1.52. The number of rotatable bonds is 10. The van der Waals surface area contributed by atoms with E-state index in [2.05, 4.69) is 42.5 Å². The van der Waals surface area contributed by atoms with E-state index in [1.165, 1.54) is 25.3 Å². The van der Waals surface area contributed by atoms with Crippen LogP contribution in [0.5, 0.6) is 17.2 Å². The summed E-state index contributed by atoms with van der Waals surface area (Å²) in [6, 6.07) is 12.6. The first kappa shape index (κ1) is 31.8. The fourth-order valence-corrected chi connectivity index (χ4v) is 5.59. The molecule has 1 saturated heterocycles. The molecule has 1 aliphatic rings. The molecule has 3 aromatic rings. The smallest absolute Gasteiger partial charge is 0.335 e. The molecule has 0 aliphatic carbocycles. The van der Waals surface area contributed by atoms with Crippen molar-refractivity contribution in [2.75, 3.05) is 30.5 Å². The number of halogens is 2. The first-order valence-corrected chi connectivity index (χ1v) is 14.8. The van der Waals surface area contributed by atoms with Gasteiger partial charge in [-0.3, -0.25) is 19.7 Å². The van der Waals surface area contributed by atoms with Gasteiger partial charge in [-0.25, -0.2) is 9.69 Å². The molecule has 0 unspecified atom stereocenters. The highest BCUT2D eigenvalue weighted by atomic mass is 79.9. The summed E-state index contributed by atoms with van der Waals surface area (Å²) in [4.78, 5) is 52.2. The number of hydrogen-bond donors (Lipinski definition) is 2. The van der Waals surface area contributed by atoms with Crippen LogP contribution < -0.4 is 29.7 Å². The normalized spacial score (nSPS) is 14.0. The van der Waals surface area contributed by atoms with Crippen LogP contribution in [0.2, 0.25) is 0 Å². The monoisotopic (exact) mass is 713 g/mol. The van der Waals surface area contributed by atoms with Crippen molar-refractivity contribution in [2.24, 2.45) is 0 Å². The number of anilines is 2. The van der Waals surface area contributed by atoms with Gasteiger partial charge in [0, 0.05) is 11.8 Å². The maximum Gasteiger partial charge on any atom is 0.335 e. The molecule has 1 heterocycles. The van der Waals surface area contributed by atoms with Crippen LogP contribution in [0.25, 0.3) is 6.08 Å². The van der Waals surface area contributed by atoms with Gasteiger partial charge in [0.2, 0.25) is 0 Å². The van der Waals surface area contributed by atoms with Gasteiger partial charge in [0.05, 0.1) is 28.3 Å². The SMILES string of the molecule is CCCOc1ccc(N2C(=O)NC(=O)/C(=C/c3cc(Br)c(OCC(=O)Nc4ccc(C)c(C)c4)c(Br)c3)C2=O)cc1OC. The summed E-state index contributed by atoms with van der Waals surface area (Å²) in [5.74, 6) is -0.842. The molecule has 2 N–H and O–H groups in total. The number of hydrogen-bond acceptors (Lipinski definition) is 7. The number of carbonyl (C=O) groups is 4. The van der Waals surface area contributed by atoms with E-state index < -0.39 is 17.8 Å². The van der Waals surface area contributed by atoms with Crippen molar-refractivity contribution in [2.45, 2.75) is 27.2 Å². The lowest BCUT2D eigenvalue weighted by molar-refractivity contribution is -0.122. The Hall–Kier alpha value is -4.16. The Morgan fingerprint density at radius 1 is 0.953 bits per heavy atom. The Morgan fingerprint density at radius 3 is 2.33 bits per heavy atom. The van der Waals surface area contributed by atoms with E-state index in [0.717, 1.165) is 22.4 Å². The molecule has 0 radical (unpaired) electrons. The highest BCUT2D eigenvalue weighted by Gasteiger charge is 2.37. The van der Waals surface area contributed by atoms with Crippen molar-refractivity contribution in [1.29, 1.82) is 0 Å². The third kappa shape index (κ3) is 7.44. The lowest BCUT2D eigenvalue weighted by atomic mass is 10.1. The van der Waals surface area contributed by atoms with Gasteiger partial charge < -0.3 is 19.5 Å². The van der Waals surface area contributed by atoms with Crippen molar-refractivity contribution in [3.8, 4) is 17.2 Å². The van der Waals surface area contributed by atoms with E-state index in [0.29, 0.717) is 44.1 Å². The summed E-state index contributed by atoms with van der Waals surface area (Å²) in [5.41, 5.74) is 3.24. The summed E-state index contributed by atoms with van der Waals surface area (Å²) in [7, 11) is 1.45. The number of benzene rings is 3. The van der Waals surface area contributed by atoms with Crippen molar-refractivity contribution in [1.82, 2.24) is 5.32 Å². The van der Waals surface area contributed by atoms with Crippen molar-refractivity contribution >= 4 is 73.1 Å². The van der Waals surface area contributed by atoms with E-state index in [-0.39, 0.29) is 23.8 Å². The van der Waals surface area contributed by atoms with E-state index in [1.54, 1.807) is 18.2 Å². The first-order chi connectivity index (χ1) is 20.5. The van der Waals surface area contributed by atoms with Gasteiger partial charge in [-0.2, -0.15) is 0 Å². The lowest BCUT2D eigenvalue weighted by Crippen LogP contribution is -2.54. The second-order valence-corrected chi connectivity index (χ2v) is 11.3. The number of methoxy groups -OCH3 is 1. The molecule has 224 valence electrons.